The molecule has 0 fully saturated rings. The molecule has 0 bridgehead atoms. The van der Waals surface area contributed by atoms with Gasteiger partial charge in [0.05, 0.1) is 0 Å². The van der Waals surface area contributed by atoms with Crippen molar-refractivity contribution in [3.05, 3.63) is 23.3 Å². The molecule has 0 atom stereocenters. The second-order valence-electron chi connectivity index (χ2n) is 4.64. The van der Waals surface area contributed by atoms with Crippen molar-refractivity contribution in [1.82, 2.24) is 0 Å². The van der Waals surface area contributed by atoms with Crippen LogP contribution in [0.4, 0.5) is 0 Å². The predicted molar refractivity (Wildman–Crippen MR) is 67.9 cm³/mol. The third kappa shape index (κ3) is 8.44. The molecule has 1 N–H and O–H groups in total. The molecular weight excluding hydrogens is 184 g/mol. The molecule has 0 aromatic carbocycles. The Morgan fingerprint density at radius 2 is 1.80 bits per heavy atom. The van der Waals surface area contributed by atoms with Crippen LogP contribution in [0.25, 0.3) is 0 Å². The molecule has 88 valence electrons. The molecule has 15 heavy (non-hydrogen) atoms. The fraction of sp³-hybridized carbons (Fsp3) is 0.714. The van der Waals surface area contributed by atoms with E-state index in [0.29, 0.717) is 12.5 Å². The van der Waals surface area contributed by atoms with E-state index in [1.54, 1.807) is 0 Å². The molecule has 0 aromatic heterocycles. The lowest BCUT2D eigenvalue weighted by Crippen LogP contribution is -1.93. The summed E-state index contributed by atoms with van der Waals surface area (Å²) in [5, 5.41) is 8.69. The van der Waals surface area contributed by atoms with E-state index in [0.717, 1.165) is 25.7 Å². The van der Waals surface area contributed by atoms with Crippen LogP contribution in [0.15, 0.2) is 23.3 Å². The first kappa shape index (κ1) is 14.4. The average Bonchev–Trinajstić information content (AvgIpc) is 2.15. The van der Waals surface area contributed by atoms with E-state index >= 15 is 0 Å². The van der Waals surface area contributed by atoms with E-state index < -0.39 is 0 Å². The van der Waals surface area contributed by atoms with Crippen LogP contribution in [0.5, 0.6) is 0 Å². The maximum absolute atomic E-state index is 8.69. The Labute approximate surface area is 94.9 Å². The topological polar surface area (TPSA) is 20.2 Å². The van der Waals surface area contributed by atoms with Crippen LogP contribution in [0.3, 0.4) is 0 Å². The SMILES string of the molecule is CC(C)=CC/C(=C\CCCCO)C(C)C. The number of rotatable bonds is 7. The van der Waals surface area contributed by atoms with Crippen LogP contribution in [0.2, 0.25) is 0 Å². The van der Waals surface area contributed by atoms with Crippen molar-refractivity contribution in [2.75, 3.05) is 6.61 Å². The first-order valence-corrected chi connectivity index (χ1v) is 6.01. The Bertz CT molecular complexity index is 207. The molecule has 0 radical (unpaired) electrons. The van der Waals surface area contributed by atoms with Gasteiger partial charge in [-0.15, -0.1) is 0 Å². The lowest BCUT2D eigenvalue weighted by Gasteiger charge is -2.09. The van der Waals surface area contributed by atoms with E-state index in [1.165, 1.54) is 11.1 Å². The van der Waals surface area contributed by atoms with Gasteiger partial charge in [-0.1, -0.05) is 37.1 Å². The monoisotopic (exact) mass is 210 g/mol. The van der Waals surface area contributed by atoms with Gasteiger partial charge in [-0.25, -0.2) is 0 Å². The smallest absolute Gasteiger partial charge is 0.0431 e. The highest BCUT2D eigenvalue weighted by Crippen LogP contribution is 2.17. The molecule has 0 aliphatic rings. The average molecular weight is 210 g/mol. The first-order valence-electron chi connectivity index (χ1n) is 6.01. The van der Waals surface area contributed by atoms with Gasteiger partial charge in [-0.2, -0.15) is 0 Å². The van der Waals surface area contributed by atoms with Gasteiger partial charge in [0.25, 0.3) is 0 Å². The van der Waals surface area contributed by atoms with Crippen LogP contribution in [-0.4, -0.2) is 11.7 Å². The van der Waals surface area contributed by atoms with Crippen molar-refractivity contribution >= 4 is 0 Å². The quantitative estimate of drug-likeness (QED) is 0.496. The molecular formula is C14H26O. The molecule has 0 aliphatic heterocycles. The Kier molecular flexibility index (Phi) is 8.40. The maximum Gasteiger partial charge on any atom is 0.0431 e. The van der Waals surface area contributed by atoms with Crippen LogP contribution < -0.4 is 0 Å². The number of allylic oxidation sites excluding steroid dienone is 4. The Morgan fingerprint density at radius 1 is 1.13 bits per heavy atom. The predicted octanol–water partition coefficient (Wildman–Crippen LogP) is 4.09. The molecule has 0 amide bonds. The van der Waals surface area contributed by atoms with Crippen molar-refractivity contribution in [2.24, 2.45) is 5.92 Å². The second-order valence-corrected chi connectivity index (χ2v) is 4.64. The summed E-state index contributed by atoms with van der Waals surface area (Å²) in [5.41, 5.74) is 2.91. The summed E-state index contributed by atoms with van der Waals surface area (Å²) in [6.07, 6.45) is 8.84. The largest absolute Gasteiger partial charge is 0.396 e. The number of aliphatic hydroxyl groups is 1. The van der Waals surface area contributed by atoms with Crippen LogP contribution in [-0.2, 0) is 0 Å². The number of aliphatic hydroxyl groups excluding tert-OH is 1. The van der Waals surface area contributed by atoms with Crippen LogP contribution in [0.1, 0.15) is 53.4 Å². The molecule has 1 nitrogen and oxygen atoms in total. The summed E-state index contributed by atoms with van der Waals surface area (Å²) < 4.78 is 0. The van der Waals surface area contributed by atoms with Crippen molar-refractivity contribution in [3.8, 4) is 0 Å². The summed E-state index contributed by atoms with van der Waals surface area (Å²) in [6.45, 7) is 9.10. The van der Waals surface area contributed by atoms with E-state index in [1.807, 2.05) is 0 Å². The van der Waals surface area contributed by atoms with Crippen LogP contribution in [0, 0.1) is 5.92 Å². The molecule has 0 spiro atoms. The standard InChI is InChI=1S/C14H26O/c1-12(2)9-10-14(13(3)4)8-6-5-7-11-15/h8-9,13,15H,5-7,10-11H2,1-4H3/b14-8+. The molecule has 0 saturated carbocycles. The van der Waals surface area contributed by atoms with Gasteiger partial charge in [0, 0.05) is 6.61 Å². The Balaban J connectivity index is 4.08. The summed E-state index contributed by atoms with van der Waals surface area (Å²) in [7, 11) is 0. The van der Waals surface area contributed by atoms with Gasteiger partial charge in [-0.3, -0.25) is 0 Å². The minimum Gasteiger partial charge on any atom is -0.396 e. The Hall–Kier alpha value is -0.560. The van der Waals surface area contributed by atoms with E-state index in [2.05, 4.69) is 39.8 Å². The highest BCUT2D eigenvalue weighted by atomic mass is 16.2. The third-order valence-corrected chi connectivity index (χ3v) is 2.51. The lowest BCUT2D eigenvalue weighted by atomic mass is 9.97. The van der Waals surface area contributed by atoms with E-state index in [4.69, 9.17) is 5.11 Å². The normalized spacial score (nSPS) is 12.0. The van der Waals surface area contributed by atoms with Crippen LogP contribution >= 0.6 is 0 Å². The lowest BCUT2D eigenvalue weighted by molar-refractivity contribution is 0.285. The van der Waals surface area contributed by atoms with Gasteiger partial charge in [0.2, 0.25) is 0 Å². The molecule has 0 heterocycles. The summed E-state index contributed by atoms with van der Waals surface area (Å²) in [4.78, 5) is 0. The highest BCUT2D eigenvalue weighted by Gasteiger charge is 2.00. The zero-order valence-electron chi connectivity index (χ0n) is 10.7. The van der Waals surface area contributed by atoms with Gasteiger partial charge < -0.3 is 5.11 Å². The van der Waals surface area contributed by atoms with Crippen molar-refractivity contribution < 1.29 is 5.11 Å². The van der Waals surface area contributed by atoms with Gasteiger partial charge in [-0.05, 0) is 45.4 Å². The second kappa shape index (κ2) is 8.72. The molecule has 1 heteroatoms. The molecule has 0 unspecified atom stereocenters. The summed E-state index contributed by atoms with van der Waals surface area (Å²) in [5.74, 6) is 0.634. The fourth-order valence-electron chi connectivity index (χ4n) is 1.42. The first-order chi connectivity index (χ1) is 7.07. The third-order valence-electron chi connectivity index (χ3n) is 2.51. The molecule has 0 rings (SSSR count). The van der Waals surface area contributed by atoms with Gasteiger partial charge in [0.1, 0.15) is 0 Å². The highest BCUT2D eigenvalue weighted by molar-refractivity contribution is 5.11. The fourth-order valence-corrected chi connectivity index (χ4v) is 1.42. The maximum atomic E-state index is 8.69. The minimum atomic E-state index is 0.318. The molecule has 0 saturated heterocycles. The van der Waals surface area contributed by atoms with Crippen molar-refractivity contribution in [3.63, 3.8) is 0 Å². The molecule has 0 aliphatic carbocycles. The number of hydrogen-bond donors (Lipinski definition) is 1. The zero-order valence-corrected chi connectivity index (χ0v) is 10.7. The van der Waals surface area contributed by atoms with Gasteiger partial charge in [0.15, 0.2) is 0 Å². The minimum absolute atomic E-state index is 0.318. The Morgan fingerprint density at radius 3 is 2.27 bits per heavy atom. The number of unbranched alkanes of at least 4 members (excludes halogenated alkanes) is 2. The zero-order chi connectivity index (χ0) is 11.7. The molecule has 0 aromatic rings. The van der Waals surface area contributed by atoms with Gasteiger partial charge >= 0.3 is 0 Å². The van der Waals surface area contributed by atoms with Crippen molar-refractivity contribution in [2.45, 2.75) is 53.4 Å². The summed E-state index contributed by atoms with van der Waals surface area (Å²) >= 11 is 0. The van der Waals surface area contributed by atoms with Crippen molar-refractivity contribution in [1.29, 1.82) is 0 Å². The summed E-state index contributed by atoms with van der Waals surface area (Å²) in [6, 6.07) is 0. The van der Waals surface area contributed by atoms with E-state index in [9.17, 15) is 0 Å². The van der Waals surface area contributed by atoms with E-state index in [-0.39, 0.29) is 0 Å². The number of hydrogen-bond acceptors (Lipinski definition) is 1.